The molecule has 138 valence electrons. The number of hydrogen-bond acceptors (Lipinski definition) is 4. The van der Waals surface area contributed by atoms with Crippen LogP contribution in [0.3, 0.4) is 0 Å². The van der Waals surface area contributed by atoms with Gasteiger partial charge in [-0.3, -0.25) is 4.79 Å². The summed E-state index contributed by atoms with van der Waals surface area (Å²) in [6.07, 6.45) is 7.77. The van der Waals surface area contributed by atoms with Crippen molar-refractivity contribution in [1.29, 1.82) is 0 Å². The van der Waals surface area contributed by atoms with Gasteiger partial charge in [-0.15, -0.1) is 6.42 Å². The molecule has 2 fully saturated rings. The third-order valence-corrected chi connectivity index (χ3v) is 6.56. The van der Waals surface area contributed by atoms with E-state index < -0.39 is 27.9 Å². The topological polar surface area (TPSA) is 104 Å². The van der Waals surface area contributed by atoms with Crippen LogP contribution in [0, 0.1) is 24.2 Å². The van der Waals surface area contributed by atoms with Gasteiger partial charge in [-0.2, -0.15) is 4.72 Å². The number of amides is 1. The molecule has 26 heavy (non-hydrogen) atoms. The fourth-order valence-electron chi connectivity index (χ4n) is 4.01. The summed E-state index contributed by atoms with van der Waals surface area (Å²) < 4.78 is 26.6. The Balaban J connectivity index is 1.88. The number of likely N-dealkylation sites (tertiary alicyclic amines) is 1. The molecule has 3 unspecified atom stereocenters. The van der Waals surface area contributed by atoms with Gasteiger partial charge in [0.05, 0.1) is 11.4 Å². The predicted molar refractivity (Wildman–Crippen MR) is 93.8 cm³/mol. The van der Waals surface area contributed by atoms with E-state index in [1.807, 2.05) is 0 Å². The van der Waals surface area contributed by atoms with Crippen LogP contribution in [-0.2, 0) is 14.8 Å². The number of benzene rings is 1. The van der Waals surface area contributed by atoms with Gasteiger partial charge in [-0.05, 0) is 42.9 Å². The number of carbonyl (C=O) groups excluding carboxylic acids is 1. The number of carbonyl (C=O) groups is 2. The number of rotatable bonds is 5. The summed E-state index contributed by atoms with van der Waals surface area (Å²) in [5.74, 6) is 0.892. The summed E-state index contributed by atoms with van der Waals surface area (Å²) in [5, 5.41) is 9.59. The van der Waals surface area contributed by atoms with Crippen molar-refractivity contribution in [2.24, 2.45) is 11.8 Å². The maximum absolute atomic E-state index is 12.9. The highest BCUT2D eigenvalue weighted by molar-refractivity contribution is 7.89. The van der Waals surface area contributed by atoms with E-state index in [2.05, 4.69) is 10.6 Å². The van der Waals surface area contributed by atoms with Crippen LogP contribution in [0.25, 0.3) is 0 Å². The molecule has 3 atom stereocenters. The van der Waals surface area contributed by atoms with E-state index in [-0.39, 0.29) is 28.8 Å². The average molecular weight is 376 g/mol. The van der Waals surface area contributed by atoms with Gasteiger partial charge in [-0.1, -0.05) is 18.4 Å². The molecule has 3 rings (SSSR count). The Morgan fingerprint density at radius 1 is 1.35 bits per heavy atom. The Labute approximate surface area is 152 Å². The van der Waals surface area contributed by atoms with Crippen molar-refractivity contribution in [1.82, 2.24) is 9.62 Å². The summed E-state index contributed by atoms with van der Waals surface area (Å²) in [6, 6.07) is 4.73. The Hall–Kier alpha value is -2.37. The van der Waals surface area contributed by atoms with E-state index >= 15 is 0 Å². The Morgan fingerprint density at radius 3 is 2.81 bits per heavy atom. The van der Waals surface area contributed by atoms with Gasteiger partial charge in [0.15, 0.2) is 0 Å². The van der Waals surface area contributed by atoms with E-state index in [9.17, 15) is 23.1 Å². The van der Waals surface area contributed by atoms with Crippen molar-refractivity contribution in [3.63, 3.8) is 0 Å². The SMILES string of the molecule is C#CCNS(=O)(=O)c1cccc(C(=O)N2CC3CCCC3C2C(=O)O)c1. The third kappa shape index (κ3) is 3.32. The fourth-order valence-corrected chi connectivity index (χ4v) is 4.99. The molecule has 0 radical (unpaired) electrons. The highest BCUT2D eigenvalue weighted by atomic mass is 32.2. The van der Waals surface area contributed by atoms with Crippen molar-refractivity contribution in [2.75, 3.05) is 13.1 Å². The van der Waals surface area contributed by atoms with Gasteiger partial charge in [0.1, 0.15) is 6.04 Å². The molecular weight excluding hydrogens is 356 g/mol. The molecule has 8 heteroatoms. The Bertz CT molecular complexity index is 874. The number of nitrogens with zero attached hydrogens (tertiary/aromatic N) is 1. The van der Waals surface area contributed by atoms with E-state index in [0.29, 0.717) is 6.54 Å². The van der Waals surface area contributed by atoms with Gasteiger partial charge >= 0.3 is 5.97 Å². The van der Waals surface area contributed by atoms with E-state index in [1.54, 1.807) is 0 Å². The van der Waals surface area contributed by atoms with Gasteiger partial charge in [-0.25, -0.2) is 13.2 Å². The minimum absolute atomic E-state index is 0.0272. The number of carboxylic acid groups (broad SMARTS) is 1. The van der Waals surface area contributed by atoms with Crippen LogP contribution in [0.15, 0.2) is 29.2 Å². The molecule has 1 amide bonds. The maximum Gasteiger partial charge on any atom is 0.326 e. The van der Waals surface area contributed by atoms with Gasteiger partial charge < -0.3 is 10.0 Å². The molecule has 1 saturated heterocycles. The van der Waals surface area contributed by atoms with Crippen molar-refractivity contribution < 1.29 is 23.1 Å². The first kappa shape index (κ1) is 18.4. The second kappa shape index (κ2) is 7.09. The molecule has 1 saturated carbocycles. The van der Waals surface area contributed by atoms with E-state index in [1.165, 1.54) is 29.2 Å². The molecular formula is C18H20N2O5S. The number of sulfonamides is 1. The van der Waals surface area contributed by atoms with E-state index in [4.69, 9.17) is 6.42 Å². The lowest BCUT2D eigenvalue weighted by atomic mass is 9.94. The molecule has 0 bridgehead atoms. The van der Waals surface area contributed by atoms with E-state index in [0.717, 1.165) is 19.3 Å². The van der Waals surface area contributed by atoms with Gasteiger partial charge in [0.25, 0.3) is 5.91 Å². The summed E-state index contributed by atoms with van der Waals surface area (Å²) in [4.78, 5) is 25.9. The third-order valence-electron chi connectivity index (χ3n) is 5.16. The smallest absolute Gasteiger partial charge is 0.326 e. The molecule has 1 aromatic rings. The van der Waals surface area contributed by atoms with Crippen molar-refractivity contribution >= 4 is 21.9 Å². The number of nitrogens with one attached hydrogen (secondary N) is 1. The largest absolute Gasteiger partial charge is 0.480 e. The highest BCUT2D eigenvalue weighted by Crippen LogP contribution is 2.42. The van der Waals surface area contributed by atoms with Crippen molar-refractivity contribution in [2.45, 2.75) is 30.2 Å². The Kier molecular flexibility index (Phi) is 5.03. The molecule has 0 aromatic heterocycles. The second-order valence-corrected chi connectivity index (χ2v) is 8.42. The first-order chi connectivity index (χ1) is 12.3. The number of aliphatic carboxylic acids is 1. The Morgan fingerprint density at radius 2 is 2.12 bits per heavy atom. The molecule has 1 aliphatic heterocycles. The van der Waals surface area contributed by atoms with Crippen LogP contribution in [0.2, 0.25) is 0 Å². The number of fused-ring (bicyclic) bond motifs is 1. The standard InChI is InChI=1S/C18H20N2O5S/c1-2-9-19-26(24,25)14-7-3-5-12(10-14)17(21)20-11-13-6-4-8-15(13)16(20)18(22)23/h1,3,5,7,10,13,15-16,19H,4,6,8-9,11H2,(H,22,23). The minimum atomic E-state index is -3.83. The lowest BCUT2D eigenvalue weighted by Crippen LogP contribution is -2.43. The summed E-state index contributed by atoms with van der Waals surface area (Å²) in [6.45, 7) is 0.240. The van der Waals surface area contributed by atoms with Crippen LogP contribution in [-0.4, -0.2) is 49.4 Å². The summed E-state index contributed by atoms with van der Waals surface area (Å²) in [7, 11) is -3.83. The normalized spacial score (nSPS) is 24.9. The molecule has 1 aliphatic carbocycles. The molecule has 2 N–H and O–H groups in total. The fraction of sp³-hybridized carbons (Fsp3) is 0.444. The van der Waals surface area contributed by atoms with Crippen LogP contribution in [0.5, 0.6) is 0 Å². The number of terminal acetylenes is 1. The molecule has 1 heterocycles. The molecule has 0 spiro atoms. The van der Waals surface area contributed by atoms with Crippen molar-refractivity contribution in [3.05, 3.63) is 29.8 Å². The van der Waals surface area contributed by atoms with Gasteiger partial charge in [0.2, 0.25) is 10.0 Å². The molecule has 7 nitrogen and oxygen atoms in total. The zero-order valence-corrected chi connectivity index (χ0v) is 14.9. The minimum Gasteiger partial charge on any atom is -0.480 e. The highest BCUT2D eigenvalue weighted by Gasteiger charge is 2.49. The summed E-state index contributed by atoms with van der Waals surface area (Å²) >= 11 is 0. The lowest BCUT2D eigenvalue weighted by molar-refractivity contribution is -0.142. The average Bonchev–Trinajstić information content (AvgIpc) is 3.20. The zero-order valence-electron chi connectivity index (χ0n) is 14.1. The maximum atomic E-state index is 12.9. The van der Waals surface area contributed by atoms with Crippen molar-refractivity contribution in [3.8, 4) is 12.3 Å². The molecule has 1 aromatic carbocycles. The number of carboxylic acids is 1. The first-order valence-electron chi connectivity index (χ1n) is 8.42. The monoisotopic (exact) mass is 376 g/mol. The zero-order chi connectivity index (χ0) is 18.9. The lowest BCUT2D eigenvalue weighted by Gasteiger charge is -2.24. The van der Waals surface area contributed by atoms with Crippen LogP contribution < -0.4 is 4.72 Å². The van der Waals surface area contributed by atoms with Crippen LogP contribution in [0.4, 0.5) is 0 Å². The predicted octanol–water partition coefficient (Wildman–Crippen LogP) is 0.923. The van der Waals surface area contributed by atoms with Gasteiger partial charge in [0, 0.05) is 12.1 Å². The molecule has 2 aliphatic rings. The van der Waals surface area contributed by atoms with Crippen LogP contribution >= 0.6 is 0 Å². The second-order valence-electron chi connectivity index (χ2n) is 6.65. The quantitative estimate of drug-likeness (QED) is 0.744. The number of hydrogen-bond donors (Lipinski definition) is 2. The first-order valence-corrected chi connectivity index (χ1v) is 9.90. The van der Waals surface area contributed by atoms with Crippen LogP contribution in [0.1, 0.15) is 29.6 Å². The summed E-state index contributed by atoms with van der Waals surface area (Å²) in [5.41, 5.74) is 0.153.